The first-order valence-electron chi connectivity index (χ1n) is 9.30. The Morgan fingerprint density at radius 3 is 2.31 bits per heavy atom. The van der Waals surface area contributed by atoms with Gasteiger partial charge in [-0.1, -0.05) is 27.7 Å². The zero-order valence-electron chi connectivity index (χ0n) is 16.7. The van der Waals surface area contributed by atoms with Crippen LogP contribution in [0.25, 0.3) is 10.9 Å². The van der Waals surface area contributed by atoms with Gasteiger partial charge in [0, 0.05) is 28.4 Å². The van der Waals surface area contributed by atoms with E-state index < -0.39 is 5.97 Å². The van der Waals surface area contributed by atoms with Gasteiger partial charge < -0.3 is 14.6 Å². The summed E-state index contributed by atoms with van der Waals surface area (Å²) in [6.45, 7) is 13.5. The number of rotatable bonds is 7. The number of fused-ring (bicyclic) bond motifs is 1. The third-order valence-electron chi connectivity index (χ3n) is 4.55. The molecule has 0 fully saturated rings. The third kappa shape index (κ3) is 4.73. The van der Waals surface area contributed by atoms with Crippen LogP contribution in [0.5, 0.6) is 0 Å². The van der Waals surface area contributed by atoms with Gasteiger partial charge >= 0.3 is 5.97 Å². The van der Waals surface area contributed by atoms with E-state index >= 15 is 0 Å². The molecule has 142 valence electrons. The fourth-order valence-electron chi connectivity index (χ4n) is 3.54. The molecule has 2 aromatic rings. The van der Waals surface area contributed by atoms with Gasteiger partial charge in [0.05, 0.1) is 31.3 Å². The zero-order valence-corrected chi connectivity index (χ0v) is 16.7. The molecule has 0 saturated carbocycles. The molecule has 2 N–H and O–H groups in total. The van der Waals surface area contributed by atoms with Gasteiger partial charge in [0.1, 0.15) is 6.54 Å². The number of quaternary nitrogens is 1. The molecule has 0 atom stereocenters. The van der Waals surface area contributed by atoms with Gasteiger partial charge in [-0.05, 0) is 25.1 Å². The van der Waals surface area contributed by atoms with Gasteiger partial charge in [-0.3, -0.25) is 4.79 Å². The number of hydrogen-bond donors (Lipinski definition) is 2. The van der Waals surface area contributed by atoms with E-state index in [4.69, 9.17) is 4.74 Å². The first-order valence-corrected chi connectivity index (χ1v) is 9.30. The van der Waals surface area contributed by atoms with Crippen LogP contribution in [0, 0.1) is 18.8 Å². The molecule has 0 radical (unpaired) electrons. The predicted molar refractivity (Wildman–Crippen MR) is 105 cm³/mol. The van der Waals surface area contributed by atoms with Crippen LogP contribution in [0.3, 0.4) is 0 Å². The van der Waals surface area contributed by atoms with Gasteiger partial charge in [0.15, 0.2) is 5.43 Å². The van der Waals surface area contributed by atoms with E-state index in [1.807, 2.05) is 6.92 Å². The first kappa shape index (κ1) is 20.2. The summed E-state index contributed by atoms with van der Waals surface area (Å²) in [7, 11) is 1.34. The maximum absolute atomic E-state index is 13.1. The molecule has 2 rings (SSSR count). The van der Waals surface area contributed by atoms with Crippen LogP contribution in [-0.4, -0.2) is 31.2 Å². The Morgan fingerprint density at radius 1 is 1.15 bits per heavy atom. The molecule has 0 unspecified atom stereocenters. The SMILES string of the molecule is COC(=O)c1ccc2[nH]c(C)c(C[NH+](CC(C)C)CC(C)C)c(=O)c2c1. The Hall–Kier alpha value is -2.14. The van der Waals surface area contributed by atoms with Gasteiger partial charge in [-0.25, -0.2) is 4.79 Å². The molecule has 0 aliphatic rings. The maximum Gasteiger partial charge on any atom is 0.337 e. The highest BCUT2D eigenvalue weighted by Crippen LogP contribution is 2.14. The van der Waals surface area contributed by atoms with Crippen molar-refractivity contribution in [2.75, 3.05) is 20.2 Å². The number of ether oxygens (including phenoxy) is 1. The Balaban J connectivity index is 2.48. The number of aromatic amines is 1. The van der Waals surface area contributed by atoms with E-state index in [1.54, 1.807) is 18.2 Å². The second-order valence-corrected chi connectivity index (χ2v) is 7.93. The van der Waals surface area contributed by atoms with E-state index in [2.05, 4.69) is 32.7 Å². The Bertz CT molecular complexity index is 827. The number of carbonyl (C=O) groups excluding carboxylic acids is 1. The van der Waals surface area contributed by atoms with Crippen molar-refractivity contribution in [3.63, 3.8) is 0 Å². The van der Waals surface area contributed by atoms with E-state index in [0.29, 0.717) is 29.3 Å². The average molecular weight is 359 g/mol. The van der Waals surface area contributed by atoms with E-state index in [1.165, 1.54) is 12.0 Å². The molecule has 0 saturated heterocycles. The Morgan fingerprint density at radius 2 is 1.77 bits per heavy atom. The highest BCUT2D eigenvalue weighted by molar-refractivity contribution is 5.94. The molecule has 0 aliphatic heterocycles. The van der Waals surface area contributed by atoms with Crippen molar-refractivity contribution >= 4 is 16.9 Å². The van der Waals surface area contributed by atoms with Crippen LogP contribution in [-0.2, 0) is 11.3 Å². The fraction of sp³-hybridized carbons (Fsp3) is 0.524. The summed E-state index contributed by atoms with van der Waals surface area (Å²) in [5, 5.41) is 0.543. The second-order valence-electron chi connectivity index (χ2n) is 7.93. The number of methoxy groups -OCH3 is 1. The number of hydrogen-bond acceptors (Lipinski definition) is 3. The lowest BCUT2D eigenvalue weighted by Crippen LogP contribution is -3.12. The molecule has 5 nitrogen and oxygen atoms in total. The van der Waals surface area contributed by atoms with Crippen molar-refractivity contribution < 1.29 is 14.4 Å². The summed E-state index contributed by atoms with van der Waals surface area (Å²) in [5.74, 6) is 0.698. The minimum absolute atomic E-state index is 0.00650. The van der Waals surface area contributed by atoms with Crippen molar-refractivity contribution in [1.29, 1.82) is 0 Å². The molecule has 0 aliphatic carbocycles. The van der Waals surface area contributed by atoms with Gasteiger partial charge in [0.25, 0.3) is 0 Å². The lowest BCUT2D eigenvalue weighted by atomic mass is 10.0. The average Bonchev–Trinajstić information content (AvgIpc) is 2.56. The standard InChI is InChI=1S/C21H30N2O3/c1-13(2)10-23(11-14(3)4)12-18-15(5)22-19-8-7-16(21(25)26-6)9-17(19)20(18)24/h7-9,13-14H,10-12H2,1-6H3,(H,22,24)/p+1. The summed E-state index contributed by atoms with van der Waals surface area (Å²) in [4.78, 5) is 29.7. The van der Waals surface area contributed by atoms with Crippen molar-refractivity contribution in [1.82, 2.24) is 4.98 Å². The number of nitrogens with one attached hydrogen (secondary N) is 2. The second kappa shape index (κ2) is 8.49. The first-order chi connectivity index (χ1) is 12.2. The van der Waals surface area contributed by atoms with Crippen LogP contribution in [0.4, 0.5) is 0 Å². The Kier molecular flexibility index (Phi) is 6.59. The summed E-state index contributed by atoms with van der Waals surface area (Å²) >= 11 is 0. The van der Waals surface area contributed by atoms with Crippen LogP contribution >= 0.6 is 0 Å². The molecule has 5 heteroatoms. The number of carbonyl (C=O) groups is 1. The predicted octanol–water partition coefficient (Wildman–Crippen LogP) is 2.32. The fourth-order valence-corrected chi connectivity index (χ4v) is 3.54. The van der Waals surface area contributed by atoms with Crippen LogP contribution in [0.15, 0.2) is 23.0 Å². The molecule has 1 aromatic heterocycles. The van der Waals surface area contributed by atoms with Gasteiger partial charge in [-0.2, -0.15) is 0 Å². The topological polar surface area (TPSA) is 63.6 Å². The number of aryl methyl sites for hydroxylation is 1. The van der Waals surface area contributed by atoms with Crippen molar-refractivity contribution in [3.8, 4) is 0 Å². The van der Waals surface area contributed by atoms with E-state index in [0.717, 1.165) is 29.9 Å². The normalized spacial score (nSPS) is 11.7. The number of aromatic nitrogens is 1. The molecular formula is C21H31N2O3+. The van der Waals surface area contributed by atoms with Crippen molar-refractivity contribution in [2.24, 2.45) is 11.8 Å². The molecular weight excluding hydrogens is 328 g/mol. The molecule has 0 spiro atoms. The summed E-state index contributed by atoms with van der Waals surface area (Å²) in [5.41, 5.74) is 2.85. The minimum atomic E-state index is -0.430. The van der Waals surface area contributed by atoms with Crippen LogP contribution in [0.1, 0.15) is 49.3 Å². The number of pyridine rings is 1. The number of benzene rings is 1. The van der Waals surface area contributed by atoms with Gasteiger partial charge in [-0.15, -0.1) is 0 Å². The zero-order chi connectivity index (χ0) is 19.4. The molecule has 0 bridgehead atoms. The summed E-state index contributed by atoms with van der Waals surface area (Å²) in [6.07, 6.45) is 0. The minimum Gasteiger partial charge on any atom is -0.465 e. The molecule has 0 amide bonds. The smallest absolute Gasteiger partial charge is 0.337 e. The lowest BCUT2D eigenvalue weighted by molar-refractivity contribution is -0.919. The molecule has 1 aromatic carbocycles. The van der Waals surface area contributed by atoms with Crippen molar-refractivity contribution in [3.05, 3.63) is 45.2 Å². The highest BCUT2D eigenvalue weighted by atomic mass is 16.5. The summed E-state index contributed by atoms with van der Waals surface area (Å²) in [6, 6.07) is 5.08. The maximum atomic E-state index is 13.1. The lowest BCUT2D eigenvalue weighted by Gasteiger charge is -2.23. The van der Waals surface area contributed by atoms with Crippen molar-refractivity contribution in [2.45, 2.75) is 41.2 Å². The monoisotopic (exact) mass is 359 g/mol. The largest absolute Gasteiger partial charge is 0.465 e. The van der Waals surface area contributed by atoms with Crippen LogP contribution in [0.2, 0.25) is 0 Å². The highest BCUT2D eigenvalue weighted by Gasteiger charge is 2.19. The number of esters is 1. The molecule has 26 heavy (non-hydrogen) atoms. The Labute approximate surface area is 155 Å². The molecule has 1 heterocycles. The van der Waals surface area contributed by atoms with E-state index in [-0.39, 0.29) is 5.43 Å². The third-order valence-corrected chi connectivity index (χ3v) is 4.55. The van der Waals surface area contributed by atoms with Gasteiger partial charge in [0.2, 0.25) is 0 Å². The quantitative estimate of drug-likeness (QED) is 0.746. The number of H-pyrrole nitrogens is 1. The summed E-state index contributed by atoms with van der Waals surface area (Å²) < 4.78 is 4.78. The van der Waals surface area contributed by atoms with Crippen LogP contribution < -0.4 is 10.3 Å². The van der Waals surface area contributed by atoms with E-state index in [9.17, 15) is 9.59 Å².